The molecule has 0 saturated carbocycles. The molecule has 33 heavy (non-hydrogen) atoms. The number of aliphatic carboxylic acids is 1. The summed E-state index contributed by atoms with van der Waals surface area (Å²) in [6.45, 7) is 1.30. The van der Waals surface area contributed by atoms with E-state index < -0.39 is 12.1 Å². The van der Waals surface area contributed by atoms with Crippen molar-refractivity contribution in [3.63, 3.8) is 0 Å². The van der Waals surface area contributed by atoms with Crippen molar-refractivity contribution >= 4 is 17.8 Å². The lowest BCUT2D eigenvalue weighted by molar-refractivity contribution is -0.192. The van der Waals surface area contributed by atoms with Gasteiger partial charge < -0.3 is 19.7 Å². The quantitative estimate of drug-likeness (QED) is 0.384. The molecule has 2 aromatic rings. The van der Waals surface area contributed by atoms with Crippen LogP contribution >= 0.6 is 0 Å². The van der Waals surface area contributed by atoms with Crippen molar-refractivity contribution in [2.75, 3.05) is 13.7 Å². The topological polar surface area (TPSA) is 111 Å². The maximum Gasteiger partial charge on any atom is 0.490 e. The Labute approximate surface area is 188 Å². The molecule has 11 heteroatoms. The number of carbonyl (C=O) groups excluding carboxylic acids is 2. The summed E-state index contributed by atoms with van der Waals surface area (Å²) in [5.74, 6) is -2.15. The molecule has 0 fully saturated rings. The molecule has 1 aromatic heterocycles. The fourth-order valence-corrected chi connectivity index (χ4v) is 3.17. The van der Waals surface area contributed by atoms with Crippen molar-refractivity contribution in [2.45, 2.75) is 32.0 Å². The summed E-state index contributed by atoms with van der Waals surface area (Å²) >= 11 is 0. The molecule has 1 unspecified atom stereocenters. The third-order valence-corrected chi connectivity index (χ3v) is 4.81. The van der Waals surface area contributed by atoms with E-state index in [0.717, 1.165) is 30.0 Å². The number of amides is 1. The summed E-state index contributed by atoms with van der Waals surface area (Å²) in [7, 11) is 1.34. The molecule has 0 radical (unpaired) electrons. The van der Waals surface area contributed by atoms with Crippen LogP contribution in [0.5, 0.6) is 0 Å². The fourth-order valence-electron chi connectivity index (χ4n) is 3.17. The van der Waals surface area contributed by atoms with E-state index in [-0.39, 0.29) is 17.8 Å². The van der Waals surface area contributed by atoms with Crippen molar-refractivity contribution in [3.05, 3.63) is 54.4 Å². The van der Waals surface area contributed by atoms with Gasteiger partial charge in [-0.1, -0.05) is 36.4 Å². The number of alkyl halides is 3. The highest BCUT2D eigenvalue weighted by Gasteiger charge is 2.38. The Bertz CT molecular complexity index is 987. The highest BCUT2D eigenvalue weighted by molar-refractivity contribution is 5.81. The lowest BCUT2D eigenvalue weighted by atomic mass is 9.95. The third kappa shape index (κ3) is 7.78. The van der Waals surface area contributed by atoms with Crippen LogP contribution in [0.2, 0.25) is 0 Å². The lowest BCUT2D eigenvalue weighted by Crippen LogP contribution is -2.35. The van der Waals surface area contributed by atoms with Crippen LogP contribution in [0.15, 0.2) is 48.7 Å². The van der Waals surface area contributed by atoms with E-state index in [1.807, 2.05) is 24.4 Å². The van der Waals surface area contributed by atoms with Gasteiger partial charge in [-0.15, -0.1) is 0 Å². The number of esters is 1. The molecule has 0 aliphatic carbocycles. The number of nitrogens with zero attached hydrogens (tertiary/aromatic N) is 2. The van der Waals surface area contributed by atoms with Crippen LogP contribution in [0.25, 0.3) is 11.4 Å². The summed E-state index contributed by atoms with van der Waals surface area (Å²) in [5.41, 5.74) is 2.19. The molecule has 0 saturated heterocycles. The minimum atomic E-state index is -5.08. The monoisotopic (exact) mass is 467 g/mol. The van der Waals surface area contributed by atoms with Crippen LogP contribution < -0.4 is 5.32 Å². The number of carboxylic acids is 1. The summed E-state index contributed by atoms with van der Waals surface area (Å²) in [5, 5.41) is 10.1. The van der Waals surface area contributed by atoms with Crippen LogP contribution in [-0.4, -0.2) is 52.3 Å². The Morgan fingerprint density at radius 2 is 1.94 bits per heavy atom. The number of carbonyl (C=O) groups is 3. The minimum absolute atomic E-state index is 0.0348. The van der Waals surface area contributed by atoms with Crippen LogP contribution in [0, 0.1) is 5.92 Å². The second-order valence-corrected chi connectivity index (χ2v) is 7.09. The number of methoxy groups -OCH3 is 1. The fraction of sp³-hybridized carbons (Fsp3) is 0.364. The smallest absolute Gasteiger partial charge is 0.475 e. The molecule has 1 aliphatic heterocycles. The average Bonchev–Trinajstić information content (AvgIpc) is 3.22. The first-order valence-corrected chi connectivity index (χ1v) is 10.1. The first-order chi connectivity index (χ1) is 15.6. The van der Waals surface area contributed by atoms with Gasteiger partial charge in [0.25, 0.3) is 0 Å². The predicted octanol–water partition coefficient (Wildman–Crippen LogP) is 2.98. The number of hydrogen-bond donors (Lipinski definition) is 2. The van der Waals surface area contributed by atoms with Gasteiger partial charge in [-0.05, 0) is 12.8 Å². The van der Waals surface area contributed by atoms with Crippen LogP contribution in [-0.2, 0) is 32.1 Å². The van der Waals surface area contributed by atoms with Crippen molar-refractivity contribution in [2.24, 2.45) is 5.92 Å². The number of nitrogens with one attached hydrogen (secondary N) is 1. The van der Waals surface area contributed by atoms with Gasteiger partial charge in [-0.25, -0.2) is 14.6 Å². The minimum Gasteiger partial charge on any atom is -0.475 e. The van der Waals surface area contributed by atoms with E-state index in [9.17, 15) is 22.8 Å². The number of aromatic nitrogens is 2. The number of imidazole rings is 1. The van der Waals surface area contributed by atoms with Gasteiger partial charge in [-0.2, -0.15) is 13.2 Å². The predicted molar refractivity (Wildman–Crippen MR) is 112 cm³/mol. The van der Waals surface area contributed by atoms with Gasteiger partial charge in [0.05, 0.1) is 7.11 Å². The number of carboxylic acid groups (broad SMARTS) is 1. The molecule has 1 amide bonds. The highest BCUT2D eigenvalue weighted by Crippen LogP contribution is 2.27. The SMILES string of the molecule is COC(=O)/C=C/CCNC(=O)C1CCn2c(cnc2-c2ccccc2)C1.O=C(O)C(F)(F)F. The second kappa shape index (κ2) is 11.8. The molecule has 3 rings (SSSR count). The molecule has 178 valence electrons. The van der Waals surface area contributed by atoms with E-state index in [1.54, 1.807) is 6.08 Å². The third-order valence-electron chi connectivity index (χ3n) is 4.81. The summed E-state index contributed by atoms with van der Waals surface area (Å²) in [6, 6.07) is 10.1. The molecular formula is C22H24F3N3O5. The summed E-state index contributed by atoms with van der Waals surface area (Å²) in [4.78, 5) is 36.8. The zero-order valence-electron chi connectivity index (χ0n) is 17.8. The van der Waals surface area contributed by atoms with Gasteiger partial charge in [0.1, 0.15) is 5.82 Å². The van der Waals surface area contributed by atoms with Crippen LogP contribution in [0.4, 0.5) is 13.2 Å². The molecule has 2 heterocycles. The molecule has 8 nitrogen and oxygen atoms in total. The number of ether oxygens (including phenoxy) is 1. The Morgan fingerprint density at radius 1 is 1.27 bits per heavy atom. The highest BCUT2D eigenvalue weighted by atomic mass is 19.4. The Hall–Kier alpha value is -3.63. The van der Waals surface area contributed by atoms with Crippen molar-refractivity contribution in [1.29, 1.82) is 0 Å². The first-order valence-electron chi connectivity index (χ1n) is 10.1. The Kier molecular flexibility index (Phi) is 9.19. The maximum absolute atomic E-state index is 12.4. The molecule has 2 N–H and O–H groups in total. The zero-order valence-corrected chi connectivity index (χ0v) is 17.8. The number of fused-ring (bicyclic) bond motifs is 1. The van der Waals surface area contributed by atoms with E-state index >= 15 is 0 Å². The average molecular weight is 467 g/mol. The lowest BCUT2D eigenvalue weighted by Gasteiger charge is -2.24. The van der Waals surface area contributed by atoms with Crippen LogP contribution in [0.1, 0.15) is 18.5 Å². The van der Waals surface area contributed by atoms with Gasteiger partial charge in [0, 0.05) is 49.0 Å². The number of rotatable bonds is 6. The van der Waals surface area contributed by atoms with Gasteiger partial charge in [0.2, 0.25) is 5.91 Å². The van der Waals surface area contributed by atoms with Crippen molar-refractivity contribution in [3.8, 4) is 11.4 Å². The molecular weight excluding hydrogens is 443 g/mol. The van der Waals surface area contributed by atoms with E-state index in [4.69, 9.17) is 9.90 Å². The molecule has 1 aliphatic rings. The molecule has 1 aromatic carbocycles. The van der Waals surface area contributed by atoms with Gasteiger partial charge in [-0.3, -0.25) is 4.79 Å². The number of halogens is 3. The zero-order chi connectivity index (χ0) is 24.4. The first kappa shape index (κ1) is 25.6. The normalized spacial score (nSPS) is 15.2. The Morgan fingerprint density at radius 3 is 2.55 bits per heavy atom. The number of benzene rings is 1. The van der Waals surface area contributed by atoms with Crippen LogP contribution in [0.3, 0.4) is 0 Å². The van der Waals surface area contributed by atoms with Crippen molar-refractivity contribution in [1.82, 2.24) is 14.9 Å². The van der Waals surface area contributed by atoms with E-state index in [1.165, 1.54) is 13.2 Å². The maximum atomic E-state index is 12.4. The second-order valence-electron chi connectivity index (χ2n) is 7.09. The van der Waals surface area contributed by atoms with Gasteiger partial charge >= 0.3 is 18.1 Å². The molecule has 1 atom stereocenters. The van der Waals surface area contributed by atoms with E-state index in [2.05, 4.69) is 31.7 Å². The van der Waals surface area contributed by atoms with E-state index in [0.29, 0.717) is 19.4 Å². The standard InChI is InChI=1S/C20H23N3O3.C2HF3O2/c1-26-18(24)9-5-6-11-21-20(25)16-10-12-23-17(13-16)14-22-19(23)15-7-3-2-4-8-15;3-2(4,5)1(6)7/h2-5,7-9,14,16H,6,10-13H2,1H3,(H,21,25);(H,6,7)/b9-5+;. The molecule has 0 bridgehead atoms. The number of hydrogen-bond acceptors (Lipinski definition) is 5. The van der Waals surface area contributed by atoms with Crippen molar-refractivity contribution < 1.29 is 37.4 Å². The van der Waals surface area contributed by atoms with Gasteiger partial charge in [0.15, 0.2) is 0 Å². The summed E-state index contributed by atoms with van der Waals surface area (Å²) in [6.07, 6.45) is 1.96. The largest absolute Gasteiger partial charge is 0.490 e. The molecule has 0 spiro atoms. The summed E-state index contributed by atoms with van der Waals surface area (Å²) < 4.78 is 38.5. The Balaban J connectivity index is 0.000000479.